The average molecular weight is 160 g/mol. The number of rotatable bonds is 5. The third-order valence-electron chi connectivity index (χ3n) is 1.40. The van der Waals surface area contributed by atoms with E-state index in [1.54, 1.807) is 0 Å². The molecule has 0 aromatic carbocycles. The molecule has 1 N–H and O–H groups in total. The van der Waals surface area contributed by atoms with Crippen molar-refractivity contribution in [3.63, 3.8) is 0 Å². The van der Waals surface area contributed by atoms with Gasteiger partial charge in [0, 0.05) is 13.7 Å². The molecule has 0 aromatic heterocycles. The van der Waals surface area contributed by atoms with E-state index in [4.69, 9.17) is 5.11 Å². The molecule has 64 valence electrons. The van der Waals surface area contributed by atoms with E-state index in [0.717, 1.165) is 0 Å². The lowest BCUT2D eigenvalue weighted by Gasteiger charge is -2.06. The number of ketones is 1. The van der Waals surface area contributed by atoms with Crippen LogP contribution >= 0.6 is 0 Å². The van der Waals surface area contributed by atoms with Crippen LogP contribution in [-0.4, -0.2) is 30.6 Å². The second-order valence-corrected chi connectivity index (χ2v) is 2.28. The van der Waals surface area contributed by atoms with Crippen molar-refractivity contribution in [1.82, 2.24) is 0 Å². The lowest BCUT2D eigenvalue weighted by atomic mass is 10.0. The van der Waals surface area contributed by atoms with Crippen LogP contribution in [-0.2, 0) is 14.3 Å². The molecule has 11 heavy (non-hydrogen) atoms. The van der Waals surface area contributed by atoms with E-state index in [0.29, 0.717) is 6.61 Å². The van der Waals surface area contributed by atoms with Crippen LogP contribution in [0.2, 0.25) is 0 Å². The van der Waals surface area contributed by atoms with Crippen molar-refractivity contribution < 1.29 is 19.4 Å². The number of hydrogen-bond donors (Lipinski definition) is 1. The van der Waals surface area contributed by atoms with E-state index in [1.807, 2.05) is 0 Å². The highest BCUT2D eigenvalue weighted by Gasteiger charge is 2.21. The van der Waals surface area contributed by atoms with Crippen molar-refractivity contribution in [1.29, 1.82) is 0 Å². The molecule has 1 atom stereocenters. The predicted molar refractivity (Wildman–Crippen MR) is 38.3 cm³/mol. The molecule has 0 radical (unpaired) electrons. The fourth-order valence-electron chi connectivity index (χ4n) is 0.736. The van der Waals surface area contributed by atoms with Crippen LogP contribution in [0.15, 0.2) is 0 Å². The molecule has 0 fully saturated rings. The van der Waals surface area contributed by atoms with Gasteiger partial charge in [0.2, 0.25) is 0 Å². The van der Waals surface area contributed by atoms with Crippen LogP contribution in [0.5, 0.6) is 0 Å². The van der Waals surface area contributed by atoms with Crippen LogP contribution in [0.4, 0.5) is 0 Å². The van der Waals surface area contributed by atoms with Gasteiger partial charge in [-0.2, -0.15) is 0 Å². The standard InChI is InChI=1S/C7H12O4/c1-5(8)6(7(9)10)3-4-11-2/h6H,3-4H2,1-2H3,(H,9,10). The minimum Gasteiger partial charge on any atom is -0.481 e. The Kier molecular flexibility index (Phi) is 4.45. The molecule has 4 heteroatoms. The lowest BCUT2D eigenvalue weighted by molar-refractivity contribution is -0.146. The molecule has 0 saturated carbocycles. The molecule has 0 spiro atoms. The third kappa shape index (κ3) is 3.72. The van der Waals surface area contributed by atoms with Crippen molar-refractivity contribution in [2.24, 2.45) is 5.92 Å². The van der Waals surface area contributed by atoms with Gasteiger partial charge >= 0.3 is 5.97 Å². The van der Waals surface area contributed by atoms with Crippen LogP contribution in [0.25, 0.3) is 0 Å². The zero-order chi connectivity index (χ0) is 8.85. The molecule has 0 heterocycles. The van der Waals surface area contributed by atoms with Gasteiger partial charge < -0.3 is 9.84 Å². The zero-order valence-electron chi connectivity index (χ0n) is 6.66. The summed E-state index contributed by atoms with van der Waals surface area (Å²) in [6.45, 7) is 1.57. The van der Waals surface area contributed by atoms with Crippen molar-refractivity contribution >= 4 is 11.8 Å². The number of carboxylic acids is 1. The molecule has 0 rings (SSSR count). The first-order valence-electron chi connectivity index (χ1n) is 3.31. The topological polar surface area (TPSA) is 63.6 Å². The van der Waals surface area contributed by atoms with Crippen LogP contribution < -0.4 is 0 Å². The van der Waals surface area contributed by atoms with Gasteiger partial charge in [0.1, 0.15) is 11.7 Å². The van der Waals surface area contributed by atoms with E-state index in [9.17, 15) is 9.59 Å². The number of Topliss-reactive ketones (excluding diaryl/α,β-unsaturated/α-hetero) is 1. The van der Waals surface area contributed by atoms with Gasteiger partial charge in [-0.15, -0.1) is 0 Å². The van der Waals surface area contributed by atoms with E-state index in [1.165, 1.54) is 14.0 Å². The average Bonchev–Trinajstić information content (AvgIpc) is 1.87. The number of carboxylic acid groups (broad SMARTS) is 1. The molecule has 1 unspecified atom stereocenters. The van der Waals surface area contributed by atoms with E-state index < -0.39 is 11.9 Å². The third-order valence-corrected chi connectivity index (χ3v) is 1.40. The summed E-state index contributed by atoms with van der Waals surface area (Å²) in [5.41, 5.74) is 0. The molecular weight excluding hydrogens is 148 g/mol. The quantitative estimate of drug-likeness (QED) is 0.588. The van der Waals surface area contributed by atoms with Crippen LogP contribution in [0, 0.1) is 5.92 Å². The highest BCUT2D eigenvalue weighted by Crippen LogP contribution is 2.04. The number of ether oxygens (including phenoxy) is 1. The zero-order valence-corrected chi connectivity index (χ0v) is 6.66. The second-order valence-electron chi connectivity index (χ2n) is 2.28. The first-order chi connectivity index (χ1) is 5.09. The molecule has 0 amide bonds. The fourth-order valence-corrected chi connectivity index (χ4v) is 0.736. The van der Waals surface area contributed by atoms with Crippen molar-refractivity contribution in [3.05, 3.63) is 0 Å². The van der Waals surface area contributed by atoms with E-state index in [-0.39, 0.29) is 12.2 Å². The van der Waals surface area contributed by atoms with Crippen molar-refractivity contribution in [2.45, 2.75) is 13.3 Å². The molecule has 0 aliphatic carbocycles. The highest BCUT2D eigenvalue weighted by molar-refractivity contribution is 5.96. The number of aliphatic carboxylic acids is 1. The molecule has 0 aromatic rings. The summed E-state index contributed by atoms with van der Waals surface area (Å²) >= 11 is 0. The summed E-state index contributed by atoms with van der Waals surface area (Å²) in [7, 11) is 1.47. The molecule has 0 aliphatic rings. The van der Waals surface area contributed by atoms with Gasteiger partial charge in [0.15, 0.2) is 0 Å². The Bertz CT molecular complexity index is 139. The Morgan fingerprint density at radius 2 is 2.09 bits per heavy atom. The molecule has 4 nitrogen and oxygen atoms in total. The Balaban J connectivity index is 3.90. The highest BCUT2D eigenvalue weighted by atomic mass is 16.5. The van der Waals surface area contributed by atoms with Crippen LogP contribution in [0.1, 0.15) is 13.3 Å². The molecule has 0 saturated heterocycles. The molecular formula is C7H12O4. The van der Waals surface area contributed by atoms with Gasteiger partial charge in [-0.3, -0.25) is 9.59 Å². The predicted octanol–water partition coefficient (Wildman–Crippen LogP) is 0.313. The normalized spacial score (nSPS) is 12.5. The maximum absolute atomic E-state index is 10.7. The maximum Gasteiger partial charge on any atom is 0.314 e. The Morgan fingerprint density at radius 3 is 2.36 bits per heavy atom. The van der Waals surface area contributed by atoms with Gasteiger partial charge in [0.05, 0.1) is 0 Å². The maximum atomic E-state index is 10.7. The first kappa shape index (κ1) is 10.1. The number of carbonyl (C=O) groups excluding carboxylic acids is 1. The van der Waals surface area contributed by atoms with Gasteiger partial charge in [0.25, 0.3) is 0 Å². The lowest BCUT2D eigenvalue weighted by Crippen LogP contribution is -2.22. The molecule has 0 bridgehead atoms. The summed E-state index contributed by atoms with van der Waals surface area (Å²) < 4.78 is 4.66. The SMILES string of the molecule is COCCC(C(C)=O)C(=O)O. The summed E-state index contributed by atoms with van der Waals surface area (Å²) in [6.07, 6.45) is 0.251. The Morgan fingerprint density at radius 1 is 1.55 bits per heavy atom. The molecule has 0 aliphatic heterocycles. The van der Waals surface area contributed by atoms with E-state index >= 15 is 0 Å². The van der Waals surface area contributed by atoms with Gasteiger partial charge in [-0.1, -0.05) is 0 Å². The summed E-state index contributed by atoms with van der Waals surface area (Å²) in [5, 5.41) is 8.49. The summed E-state index contributed by atoms with van der Waals surface area (Å²) in [4.78, 5) is 21.0. The van der Waals surface area contributed by atoms with Crippen molar-refractivity contribution in [3.8, 4) is 0 Å². The minimum atomic E-state index is -1.07. The van der Waals surface area contributed by atoms with Crippen molar-refractivity contribution in [2.75, 3.05) is 13.7 Å². The monoisotopic (exact) mass is 160 g/mol. The van der Waals surface area contributed by atoms with Crippen LogP contribution in [0.3, 0.4) is 0 Å². The van der Waals surface area contributed by atoms with Gasteiger partial charge in [-0.05, 0) is 13.3 Å². The Hall–Kier alpha value is -0.900. The fraction of sp³-hybridized carbons (Fsp3) is 0.714. The second kappa shape index (κ2) is 4.85. The summed E-state index contributed by atoms with van der Waals surface area (Å²) in [6, 6.07) is 0. The summed E-state index contributed by atoms with van der Waals surface area (Å²) in [5.74, 6) is -2.31. The number of methoxy groups -OCH3 is 1. The largest absolute Gasteiger partial charge is 0.481 e. The Labute approximate surface area is 65.2 Å². The number of carbonyl (C=O) groups is 2. The first-order valence-corrected chi connectivity index (χ1v) is 3.31. The minimum absolute atomic E-state index is 0.251. The van der Waals surface area contributed by atoms with Gasteiger partial charge in [-0.25, -0.2) is 0 Å². The van der Waals surface area contributed by atoms with E-state index in [2.05, 4.69) is 4.74 Å². The smallest absolute Gasteiger partial charge is 0.314 e. The number of hydrogen-bond acceptors (Lipinski definition) is 3.